The van der Waals surface area contributed by atoms with Crippen molar-refractivity contribution in [3.63, 3.8) is 0 Å². The first kappa shape index (κ1) is 30.3. The number of benzene rings is 1. The van der Waals surface area contributed by atoms with Gasteiger partial charge in [0.05, 0.1) is 12.2 Å². The number of ether oxygens (including phenoxy) is 2. The fraction of sp³-hybridized carbons (Fsp3) is 0.682. The van der Waals surface area contributed by atoms with Gasteiger partial charge in [-0.15, -0.1) is 0 Å². The first-order chi connectivity index (χ1) is 15.5. The van der Waals surface area contributed by atoms with Gasteiger partial charge in [-0.1, -0.05) is 12.1 Å². The second kappa shape index (κ2) is 15.3. The number of primary amides is 1. The van der Waals surface area contributed by atoms with E-state index in [1.807, 2.05) is 39.0 Å². The Balaban J connectivity index is 0.000000420. The molecule has 2 rings (SSSR count). The zero-order valence-corrected chi connectivity index (χ0v) is 26.3. The van der Waals surface area contributed by atoms with Crippen molar-refractivity contribution in [2.45, 2.75) is 67.5 Å². The molecule has 7 N–H and O–H groups in total. The SMILES string of the molecule is CC(C)(C)NCC(O)COc1cccc2c1C[C@H](O)[C@H](O)C2.COC(CNC(N)=O)[CH2][Hg][Cl]. The van der Waals surface area contributed by atoms with E-state index in [1.165, 1.54) is 0 Å². The Kier molecular flexibility index (Phi) is 14.1. The Hall–Kier alpha value is -0.685. The van der Waals surface area contributed by atoms with Gasteiger partial charge in [-0.2, -0.15) is 0 Å². The summed E-state index contributed by atoms with van der Waals surface area (Å²) in [6.45, 7) is 7.25. The van der Waals surface area contributed by atoms with Crippen LogP contribution in [0.4, 0.5) is 4.79 Å². The minimum absolute atomic E-state index is 0.0485. The van der Waals surface area contributed by atoms with E-state index < -0.39 is 47.7 Å². The molecule has 0 spiro atoms. The molecule has 2 unspecified atom stereocenters. The van der Waals surface area contributed by atoms with E-state index in [9.17, 15) is 20.1 Å². The number of amides is 2. The van der Waals surface area contributed by atoms with Crippen molar-refractivity contribution in [3.05, 3.63) is 29.3 Å². The van der Waals surface area contributed by atoms with Gasteiger partial charge in [0, 0.05) is 30.5 Å². The van der Waals surface area contributed by atoms with E-state index in [-0.39, 0.29) is 18.2 Å². The van der Waals surface area contributed by atoms with Crippen LogP contribution in [-0.2, 0) is 40.9 Å². The number of urea groups is 1. The van der Waals surface area contributed by atoms with Crippen molar-refractivity contribution < 1.29 is 52.9 Å². The zero-order chi connectivity index (χ0) is 25.0. The monoisotopic (exact) mass is 677 g/mol. The van der Waals surface area contributed by atoms with Crippen LogP contribution in [-0.4, -0.2) is 78.1 Å². The average molecular weight is 677 g/mol. The van der Waals surface area contributed by atoms with Crippen LogP contribution in [0.15, 0.2) is 18.2 Å². The van der Waals surface area contributed by atoms with Crippen LogP contribution in [0.3, 0.4) is 0 Å². The predicted octanol–water partition coefficient (Wildman–Crippen LogP) is 0.959. The zero-order valence-electron chi connectivity index (χ0n) is 20.0. The number of aliphatic hydroxyl groups is 3. The number of aliphatic hydroxyl groups excluding tert-OH is 3. The molecule has 1 aromatic rings. The number of β-amino-alcohol motifs (C(OH)–C–C–N with tert-alkyl or cyclic N) is 1. The van der Waals surface area contributed by atoms with Crippen molar-refractivity contribution >= 4 is 14.3 Å². The Bertz CT molecular complexity index is 722. The van der Waals surface area contributed by atoms with Crippen molar-refractivity contribution in [2.75, 3.05) is 26.8 Å². The molecule has 1 aromatic carbocycles. The summed E-state index contributed by atoms with van der Waals surface area (Å²) in [6.07, 6.45) is -1.21. The van der Waals surface area contributed by atoms with E-state index in [2.05, 4.69) is 10.6 Å². The minimum atomic E-state index is -1.16. The maximum atomic E-state index is 10.3. The molecule has 1 aliphatic rings. The molecule has 0 heterocycles. The number of nitrogens with one attached hydrogen (secondary N) is 2. The first-order valence-electron chi connectivity index (χ1n) is 11.1. The Labute approximate surface area is 212 Å². The fourth-order valence-corrected chi connectivity index (χ4v) is 7.98. The van der Waals surface area contributed by atoms with Crippen molar-refractivity contribution in [3.8, 4) is 5.75 Å². The van der Waals surface area contributed by atoms with Gasteiger partial charge in [-0.25, -0.2) is 0 Å². The summed E-state index contributed by atoms with van der Waals surface area (Å²) in [4.78, 5) is 10.3. The van der Waals surface area contributed by atoms with Gasteiger partial charge in [0.1, 0.15) is 18.5 Å². The second-order valence-electron chi connectivity index (χ2n) is 9.11. The molecule has 0 aromatic heterocycles. The topological polar surface area (TPSA) is 146 Å². The van der Waals surface area contributed by atoms with Gasteiger partial charge >= 0.3 is 81.9 Å². The summed E-state index contributed by atoms with van der Waals surface area (Å²) in [5.41, 5.74) is 6.75. The van der Waals surface area contributed by atoms with Gasteiger partial charge in [-0.3, -0.25) is 0 Å². The van der Waals surface area contributed by atoms with E-state index in [0.29, 0.717) is 31.7 Å². The number of rotatable bonds is 10. The molecule has 0 bridgehead atoms. The molecule has 0 fully saturated rings. The molecule has 0 saturated heterocycles. The fourth-order valence-electron chi connectivity index (χ4n) is 3.18. The Morgan fingerprint density at radius 1 is 1.27 bits per heavy atom. The van der Waals surface area contributed by atoms with Gasteiger partial charge in [0.2, 0.25) is 0 Å². The molecule has 1 aliphatic carbocycles. The Morgan fingerprint density at radius 3 is 2.52 bits per heavy atom. The third-order valence-electron chi connectivity index (χ3n) is 5.08. The summed E-state index contributed by atoms with van der Waals surface area (Å²) in [6, 6.07) is 5.14. The van der Waals surface area contributed by atoms with Gasteiger partial charge in [0.15, 0.2) is 0 Å². The molecule has 9 nitrogen and oxygen atoms in total. The third kappa shape index (κ3) is 12.5. The normalized spacial score (nSPS) is 19.3. The van der Waals surface area contributed by atoms with Crippen molar-refractivity contribution in [1.29, 1.82) is 0 Å². The summed E-state index contributed by atoms with van der Waals surface area (Å²) in [5.74, 6) is 0.679. The Morgan fingerprint density at radius 2 is 1.94 bits per heavy atom. The molecule has 11 heteroatoms. The van der Waals surface area contributed by atoms with Gasteiger partial charge in [0.25, 0.3) is 0 Å². The molecule has 186 valence electrons. The van der Waals surface area contributed by atoms with Gasteiger partial charge in [-0.05, 0) is 32.4 Å². The number of carbonyl (C=O) groups excluding carboxylic acids is 1. The maximum absolute atomic E-state index is 10.3. The second-order valence-corrected chi connectivity index (χ2v) is 16.1. The average Bonchev–Trinajstić information content (AvgIpc) is 2.74. The quantitative estimate of drug-likeness (QED) is 0.203. The standard InChI is InChI=1S/C17H27NO4.C5H11N2O2.ClH.Hg/c1-17(2,3)18-9-12(19)10-22-16-6-4-5-11-7-14(20)15(21)8-13(11)16;1-4(9-2)3-7-5(6)8;;/h4-6,12,14-15,18-21H,7-10H2,1-3H3;4H,1,3H2,2H3,(H3,6,7,8);1H;/q;;;+1/p-1/t12?,14-,15+;;;/m1.../s1. The number of nitrogens with two attached hydrogens (primary N) is 1. The number of fused-ring (bicyclic) bond motifs is 1. The van der Waals surface area contributed by atoms with Crippen molar-refractivity contribution in [1.82, 2.24) is 10.6 Å². The summed E-state index contributed by atoms with van der Waals surface area (Å²) >= 11 is -1.16. The number of hydrogen-bond acceptors (Lipinski definition) is 7. The molecule has 4 atom stereocenters. The molecular weight excluding hydrogens is 638 g/mol. The number of carbonyl (C=O) groups is 1. The van der Waals surface area contributed by atoms with E-state index in [4.69, 9.17) is 23.5 Å². The summed E-state index contributed by atoms with van der Waals surface area (Å²) in [7, 11) is 7.29. The van der Waals surface area contributed by atoms with Crippen LogP contribution in [0.2, 0.25) is 3.93 Å². The van der Waals surface area contributed by atoms with Crippen LogP contribution < -0.4 is 21.1 Å². The number of hydrogen-bond donors (Lipinski definition) is 6. The number of halogens is 1. The molecular formula is C22H38ClHgN3O6. The molecule has 0 radical (unpaired) electrons. The molecule has 33 heavy (non-hydrogen) atoms. The van der Waals surface area contributed by atoms with Crippen LogP contribution in [0, 0.1) is 0 Å². The van der Waals surface area contributed by atoms with Crippen LogP contribution in [0.5, 0.6) is 5.75 Å². The van der Waals surface area contributed by atoms with E-state index in [1.54, 1.807) is 7.11 Å². The first-order valence-corrected chi connectivity index (χ1v) is 21.8. The van der Waals surface area contributed by atoms with Crippen LogP contribution in [0.25, 0.3) is 0 Å². The van der Waals surface area contributed by atoms with Crippen LogP contribution in [0.1, 0.15) is 31.9 Å². The van der Waals surface area contributed by atoms with Crippen molar-refractivity contribution in [2.24, 2.45) is 5.73 Å². The van der Waals surface area contributed by atoms with Crippen LogP contribution >= 0.6 is 8.25 Å². The molecule has 2 amide bonds. The summed E-state index contributed by atoms with van der Waals surface area (Å²) < 4.78 is 11.7. The van der Waals surface area contributed by atoms with E-state index >= 15 is 0 Å². The summed E-state index contributed by atoms with van der Waals surface area (Å²) in [5, 5.41) is 35.3. The molecule has 0 aliphatic heterocycles. The third-order valence-corrected chi connectivity index (χ3v) is 10.4. The van der Waals surface area contributed by atoms with Gasteiger partial charge < -0.3 is 25.4 Å². The molecule has 0 saturated carbocycles. The van der Waals surface area contributed by atoms with E-state index in [0.717, 1.165) is 15.1 Å². The number of methoxy groups -OCH3 is 1. The predicted molar refractivity (Wildman–Crippen MR) is 124 cm³/mol.